The van der Waals surface area contributed by atoms with Crippen molar-refractivity contribution in [3.8, 4) is 5.82 Å². The summed E-state index contributed by atoms with van der Waals surface area (Å²) >= 11 is 0. The first-order valence-corrected chi connectivity index (χ1v) is 11.2. The summed E-state index contributed by atoms with van der Waals surface area (Å²) in [5, 5.41) is 2.62. The van der Waals surface area contributed by atoms with Gasteiger partial charge >= 0.3 is 6.18 Å². The molecule has 0 fully saturated rings. The highest BCUT2D eigenvalue weighted by atomic mass is 32.2. The smallest absolute Gasteiger partial charge is 0.321 e. The van der Waals surface area contributed by atoms with E-state index in [-0.39, 0.29) is 16.1 Å². The summed E-state index contributed by atoms with van der Waals surface area (Å²) in [6.45, 7) is 0. The number of aromatic nitrogens is 3. The summed E-state index contributed by atoms with van der Waals surface area (Å²) in [5.41, 5.74) is -0.836. The van der Waals surface area contributed by atoms with Gasteiger partial charge in [0.05, 0.1) is 22.3 Å². The van der Waals surface area contributed by atoms with Gasteiger partial charge in [0.2, 0.25) is 0 Å². The lowest BCUT2D eigenvalue weighted by molar-refractivity contribution is -0.137. The number of anilines is 2. The molecule has 0 radical (unpaired) electrons. The SMILES string of the molecule is O=C(Nc1ccc(-n2ccnc2)nc1)c1cccc(S(=O)(=O)Nc2cccc(C(F)(F)F)c2)c1. The molecule has 2 aromatic carbocycles. The molecule has 34 heavy (non-hydrogen) atoms. The van der Waals surface area contributed by atoms with Crippen LogP contribution in [-0.2, 0) is 16.2 Å². The summed E-state index contributed by atoms with van der Waals surface area (Å²) in [4.78, 5) is 20.5. The molecule has 4 aromatic rings. The molecule has 174 valence electrons. The number of hydrogen-bond acceptors (Lipinski definition) is 5. The van der Waals surface area contributed by atoms with Gasteiger partial charge in [-0.05, 0) is 48.5 Å². The normalized spacial score (nSPS) is 11.7. The van der Waals surface area contributed by atoms with Crippen molar-refractivity contribution in [2.24, 2.45) is 0 Å². The lowest BCUT2D eigenvalue weighted by Gasteiger charge is -2.12. The fourth-order valence-electron chi connectivity index (χ4n) is 2.99. The van der Waals surface area contributed by atoms with Crippen LogP contribution < -0.4 is 10.0 Å². The minimum Gasteiger partial charge on any atom is -0.321 e. The van der Waals surface area contributed by atoms with Crippen LogP contribution >= 0.6 is 0 Å². The van der Waals surface area contributed by atoms with Crippen molar-refractivity contribution in [3.63, 3.8) is 0 Å². The van der Waals surface area contributed by atoms with Crippen molar-refractivity contribution >= 4 is 27.3 Å². The van der Waals surface area contributed by atoms with Gasteiger partial charge in [-0.15, -0.1) is 0 Å². The zero-order valence-electron chi connectivity index (χ0n) is 17.2. The highest BCUT2D eigenvalue weighted by molar-refractivity contribution is 7.92. The van der Waals surface area contributed by atoms with Gasteiger partial charge in [0.1, 0.15) is 12.1 Å². The summed E-state index contributed by atoms with van der Waals surface area (Å²) < 4.78 is 67.9. The van der Waals surface area contributed by atoms with E-state index in [9.17, 15) is 26.4 Å². The summed E-state index contributed by atoms with van der Waals surface area (Å²) in [6, 6.07) is 12.2. The van der Waals surface area contributed by atoms with Crippen LogP contribution in [0.25, 0.3) is 5.82 Å². The van der Waals surface area contributed by atoms with Gasteiger partial charge in [0.15, 0.2) is 0 Å². The molecular formula is C22H16F3N5O3S. The Morgan fingerprint density at radius 1 is 0.971 bits per heavy atom. The standard InChI is InChI=1S/C22H16F3N5O3S/c23-22(24,25)16-4-2-5-17(12-16)29-34(32,33)19-6-1-3-15(11-19)21(31)28-18-7-8-20(27-13-18)30-10-9-26-14-30/h1-14,29H,(H,28,31). The van der Waals surface area contributed by atoms with Gasteiger partial charge in [0, 0.05) is 23.6 Å². The van der Waals surface area contributed by atoms with Crippen molar-refractivity contribution in [3.05, 3.63) is 96.7 Å². The molecule has 1 amide bonds. The van der Waals surface area contributed by atoms with Gasteiger partial charge < -0.3 is 5.32 Å². The third-order valence-electron chi connectivity index (χ3n) is 4.62. The van der Waals surface area contributed by atoms with E-state index in [2.05, 4.69) is 20.0 Å². The van der Waals surface area contributed by atoms with Crippen molar-refractivity contribution in [2.45, 2.75) is 11.1 Å². The predicted octanol–water partition coefficient (Wildman–Crippen LogP) is 4.34. The van der Waals surface area contributed by atoms with Gasteiger partial charge in [-0.3, -0.25) is 14.1 Å². The number of sulfonamides is 1. The van der Waals surface area contributed by atoms with Gasteiger partial charge in [-0.1, -0.05) is 12.1 Å². The van der Waals surface area contributed by atoms with E-state index in [0.717, 1.165) is 18.2 Å². The number of halogens is 3. The van der Waals surface area contributed by atoms with E-state index in [1.165, 1.54) is 30.5 Å². The van der Waals surface area contributed by atoms with E-state index in [1.54, 1.807) is 35.4 Å². The molecule has 0 saturated carbocycles. The van der Waals surface area contributed by atoms with Crippen LogP contribution in [0, 0.1) is 0 Å². The molecule has 0 saturated heterocycles. The van der Waals surface area contributed by atoms with Gasteiger partial charge in [-0.25, -0.2) is 18.4 Å². The van der Waals surface area contributed by atoms with E-state index in [4.69, 9.17) is 0 Å². The van der Waals surface area contributed by atoms with Crippen LogP contribution in [0.15, 0.2) is 90.5 Å². The maximum atomic E-state index is 12.9. The Morgan fingerprint density at radius 2 is 1.76 bits per heavy atom. The minimum atomic E-state index is -4.62. The number of nitrogens with one attached hydrogen (secondary N) is 2. The fourth-order valence-corrected chi connectivity index (χ4v) is 4.08. The lowest BCUT2D eigenvalue weighted by Crippen LogP contribution is -2.16. The van der Waals surface area contributed by atoms with E-state index in [0.29, 0.717) is 17.6 Å². The van der Waals surface area contributed by atoms with Crippen molar-refractivity contribution in [1.82, 2.24) is 14.5 Å². The fraction of sp³-hybridized carbons (Fsp3) is 0.0455. The Morgan fingerprint density at radius 3 is 2.44 bits per heavy atom. The quantitative estimate of drug-likeness (QED) is 0.421. The molecule has 2 heterocycles. The first-order chi connectivity index (χ1) is 16.1. The predicted molar refractivity (Wildman–Crippen MR) is 118 cm³/mol. The zero-order chi connectivity index (χ0) is 24.3. The van der Waals surface area contributed by atoms with Crippen LogP contribution in [0.2, 0.25) is 0 Å². The van der Waals surface area contributed by atoms with Crippen molar-refractivity contribution in [1.29, 1.82) is 0 Å². The first-order valence-electron chi connectivity index (χ1n) is 9.68. The monoisotopic (exact) mass is 487 g/mol. The number of amides is 1. The summed E-state index contributed by atoms with van der Waals surface area (Å²) in [7, 11) is -4.25. The van der Waals surface area contributed by atoms with Crippen LogP contribution in [0.4, 0.5) is 24.5 Å². The largest absolute Gasteiger partial charge is 0.416 e. The molecule has 2 aromatic heterocycles. The number of nitrogens with zero attached hydrogens (tertiary/aromatic N) is 3. The second kappa shape index (κ2) is 8.98. The molecule has 2 N–H and O–H groups in total. The van der Waals surface area contributed by atoms with Gasteiger partial charge in [0.25, 0.3) is 15.9 Å². The number of alkyl halides is 3. The third kappa shape index (κ3) is 5.23. The highest BCUT2D eigenvalue weighted by Gasteiger charge is 2.30. The molecule has 0 spiro atoms. The van der Waals surface area contributed by atoms with E-state index < -0.39 is 27.7 Å². The maximum absolute atomic E-state index is 12.9. The Kier molecular flexibility index (Phi) is 6.07. The molecule has 0 bridgehead atoms. The first kappa shape index (κ1) is 23.0. The van der Waals surface area contributed by atoms with Crippen LogP contribution in [0.3, 0.4) is 0 Å². The van der Waals surface area contributed by atoms with Crippen molar-refractivity contribution in [2.75, 3.05) is 10.0 Å². The summed E-state index contributed by atoms with van der Waals surface area (Å²) in [6.07, 6.45) is 1.69. The molecule has 12 heteroatoms. The molecule has 4 rings (SSSR count). The van der Waals surface area contributed by atoms with Crippen LogP contribution in [0.1, 0.15) is 15.9 Å². The molecule has 0 aliphatic rings. The number of hydrogen-bond donors (Lipinski definition) is 2. The molecule has 0 aliphatic heterocycles. The maximum Gasteiger partial charge on any atom is 0.416 e. The number of imidazole rings is 1. The average Bonchev–Trinajstić information content (AvgIpc) is 3.34. The number of carbonyl (C=O) groups excluding carboxylic acids is 1. The second-order valence-corrected chi connectivity index (χ2v) is 8.72. The molecule has 0 aliphatic carbocycles. The molecule has 0 unspecified atom stereocenters. The lowest BCUT2D eigenvalue weighted by atomic mass is 10.2. The summed E-state index contributed by atoms with van der Waals surface area (Å²) in [5.74, 6) is -0.00226. The van der Waals surface area contributed by atoms with E-state index >= 15 is 0 Å². The van der Waals surface area contributed by atoms with Crippen LogP contribution in [-0.4, -0.2) is 28.9 Å². The molecule has 8 nitrogen and oxygen atoms in total. The number of pyridine rings is 1. The molecular weight excluding hydrogens is 471 g/mol. The van der Waals surface area contributed by atoms with E-state index in [1.807, 2.05) is 0 Å². The van der Waals surface area contributed by atoms with Crippen molar-refractivity contribution < 1.29 is 26.4 Å². The second-order valence-electron chi connectivity index (χ2n) is 7.04. The Balaban J connectivity index is 1.50. The van der Waals surface area contributed by atoms with Gasteiger partial charge in [-0.2, -0.15) is 13.2 Å². The van der Waals surface area contributed by atoms with Crippen LogP contribution in [0.5, 0.6) is 0 Å². The zero-order valence-corrected chi connectivity index (χ0v) is 18.0. The topological polar surface area (TPSA) is 106 Å². The number of rotatable bonds is 6. The number of carbonyl (C=O) groups is 1. The molecule has 0 atom stereocenters. The Bertz CT molecular complexity index is 1420. The number of benzene rings is 2. The third-order valence-corrected chi connectivity index (χ3v) is 6.00. The Hall–Kier alpha value is -4.19. The average molecular weight is 487 g/mol. The minimum absolute atomic E-state index is 0.0330. The highest BCUT2D eigenvalue weighted by Crippen LogP contribution is 2.31. The Labute approximate surface area is 192 Å².